The minimum Gasteiger partial charge on any atom is -0.508 e. The molecule has 0 aliphatic carbocycles. The van der Waals surface area contributed by atoms with Crippen molar-refractivity contribution >= 4 is 43.4 Å². The van der Waals surface area contributed by atoms with Crippen LogP contribution < -0.4 is 9.21 Å². The number of hydrogen-bond acceptors (Lipinski definition) is 4. The predicted octanol–water partition coefficient (Wildman–Crippen LogP) is 2.92. The SMILES string of the molecule is CN1C(=O)N(c2ccc(Br)cc2)S(=O)(=O)c2ccc(O)cc21. The lowest BCUT2D eigenvalue weighted by Crippen LogP contribution is -2.49. The molecule has 0 unspecified atom stereocenters. The molecule has 2 amide bonds. The van der Waals surface area contributed by atoms with Gasteiger partial charge in [-0.3, -0.25) is 4.90 Å². The molecule has 0 saturated carbocycles. The second kappa shape index (κ2) is 4.99. The third kappa shape index (κ3) is 2.15. The number of sulfonamides is 1. The maximum Gasteiger partial charge on any atom is 0.342 e. The molecular weight excluding hydrogens is 372 g/mol. The van der Waals surface area contributed by atoms with Crippen molar-refractivity contribution < 1.29 is 18.3 Å². The normalized spacial score (nSPS) is 16.5. The molecule has 6 nitrogen and oxygen atoms in total. The number of amides is 2. The predicted molar refractivity (Wildman–Crippen MR) is 85.7 cm³/mol. The van der Waals surface area contributed by atoms with Crippen LogP contribution in [0.3, 0.4) is 0 Å². The molecule has 0 saturated heterocycles. The van der Waals surface area contributed by atoms with Gasteiger partial charge in [-0.1, -0.05) is 15.9 Å². The summed E-state index contributed by atoms with van der Waals surface area (Å²) in [5.74, 6) is -0.106. The van der Waals surface area contributed by atoms with E-state index < -0.39 is 16.1 Å². The summed E-state index contributed by atoms with van der Waals surface area (Å²) in [6.07, 6.45) is 0. The van der Waals surface area contributed by atoms with Gasteiger partial charge in [-0.25, -0.2) is 13.2 Å². The first-order valence-corrected chi connectivity index (χ1v) is 8.47. The number of hydrogen-bond donors (Lipinski definition) is 1. The maximum absolute atomic E-state index is 12.7. The van der Waals surface area contributed by atoms with Gasteiger partial charge >= 0.3 is 6.03 Å². The third-order valence-corrected chi connectivity index (χ3v) is 5.62. The van der Waals surface area contributed by atoms with Crippen LogP contribution in [-0.2, 0) is 10.0 Å². The van der Waals surface area contributed by atoms with E-state index in [4.69, 9.17) is 0 Å². The van der Waals surface area contributed by atoms with E-state index in [0.717, 1.165) is 8.78 Å². The second-order valence-corrected chi connectivity index (χ2v) is 7.41. The molecule has 0 radical (unpaired) electrons. The van der Waals surface area contributed by atoms with Crippen LogP contribution in [-0.4, -0.2) is 26.6 Å². The van der Waals surface area contributed by atoms with Crippen LogP contribution in [0.25, 0.3) is 0 Å². The molecule has 8 heteroatoms. The van der Waals surface area contributed by atoms with E-state index in [1.807, 2.05) is 0 Å². The Balaban J connectivity index is 2.23. The highest BCUT2D eigenvalue weighted by atomic mass is 79.9. The summed E-state index contributed by atoms with van der Waals surface area (Å²) >= 11 is 3.27. The van der Waals surface area contributed by atoms with Crippen molar-refractivity contribution in [2.75, 3.05) is 16.3 Å². The Kier molecular flexibility index (Phi) is 3.37. The summed E-state index contributed by atoms with van der Waals surface area (Å²) in [5, 5.41) is 9.52. The van der Waals surface area contributed by atoms with E-state index in [-0.39, 0.29) is 22.0 Å². The van der Waals surface area contributed by atoms with Gasteiger partial charge in [-0.2, -0.15) is 4.31 Å². The first kappa shape index (κ1) is 14.9. The van der Waals surface area contributed by atoms with Gasteiger partial charge in [0.15, 0.2) is 0 Å². The summed E-state index contributed by atoms with van der Waals surface area (Å²) in [4.78, 5) is 13.6. The molecule has 1 N–H and O–H groups in total. The van der Waals surface area contributed by atoms with Gasteiger partial charge in [0.1, 0.15) is 10.6 Å². The maximum atomic E-state index is 12.7. The summed E-state index contributed by atoms with van der Waals surface area (Å²) in [6, 6.07) is 9.51. The van der Waals surface area contributed by atoms with Crippen molar-refractivity contribution in [1.29, 1.82) is 0 Å². The summed E-state index contributed by atoms with van der Waals surface area (Å²) in [6.45, 7) is 0. The molecule has 2 aromatic rings. The molecule has 1 aliphatic rings. The van der Waals surface area contributed by atoms with Crippen LogP contribution in [0.4, 0.5) is 16.2 Å². The zero-order chi connectivity index (χ0) is 16.1. The Hall–Kier alpha value is -2.06. The number of nitrogens with zero attached hydrogens (tertiary/aromatic N) is 2. The van der Waals surface area contributed by atoms with Crippen LogP contribution in [0.15, 0.2) is 51.8 Å². The van der Waals surface area contributed by atoms with Crippen molar-refractivity contribution in [3.8, 4) is 5.75 Å². The largest absolute Gasteiger partial charge is 0.508 e. The summed E-state index contributed by atoms with van der Waals surface area (Å²) < 4.78 is 27.0. The first-order chi connectivity index (χ1) is 10.3. The Morgan fingerprint density at radius 3 is 2.36 bits per heavy atom. The smallest absolute Gasteiger partial charge is 0.342 e. The molecule has 2 aromatic carbocycles. The lowest BCUT2D eigenvalue weighted by Gasteiger charge is -2.34. The Bertz CT molecular complexity index is 865. The zero-order valence-electron chi connectivity index (χ0n) is 11.4. The lowest BCUT2D eigenvalue weighted by molar-refractivity contribution is 0.255. The zero-order valence-corrected chi connectivity index (χ0v) is 13.8. The standard InChI is InChI=1S/C14H11BrN2O4S/c1-16-12-8-11(18)6-7-13(12)22(20,21)17(14(16)19)10-4-2-9(15)3-5-10/h2-8,18H,1H3. The molecule has 0 aromatic heterocycles. The number of halogens is 1. The second-order valence-electron chi connectivity index (χ2n) is 4.74. The number of fused-ring (bicyclic) bond motifs is 1. The van der Waals surface area contributed by atoms with Gasteiger partial charge in [0.2, 0.25) is 0 Å². The fraction of sp³-hybridized carbons (Fsp3) is 0.0714. The van der Waals surface area contributed by atoms with Crippen LogP contribution in [0.2, 0.25) is 0 Å². The number of carbonyl (C=O) groups excluding carboxylic acids is 1. The highest BCUT2D eigenvalue weighted by Gasteiger charge is 2.41. The number of aromatic hydroxyl groups is 1. The van der Waals surface area contributed by atoms with Gasteiger partial charge in [-0.15, -0.1) is 0 Å². The van der Waals surface area contributed by atoms with E-state index in [2.05, 4.69) is 15.9 Å². The minimum atomic E-state index is -4.03. The van der Waals surface area contributed by atoms with E-state index in [1.54, 1.807) is 24.3 Å². The van der Waals surface area contributed by atoms with Gasteiger partial charge in [0, 0.05) is 17.6 Å². The van der Waals surface area contributed by atoms with Gasteiger partial charge in [0.25, 0.3) is 10.0 Å². The minimum absolute atomic E-state index is 0.0321. The number of benzene rings is 2. The fourth-order valence-corrected chi connectivity index (χ4v) is 4.14. The summed E-state index contributed by atoms with van der Waals surface area (Å²) in [5.41, 5.74) is 0.400. The average Bonchev–Trinajstić information content (AvgIpc) is 2.47. The van der Waals surface area contributed by atoms with Crippen molar-refractivity contribution in [2.45, 2.75) is 4.90 Å². The Morgan fingerprint density at radius 1 is 1.09 bits per heavy atom. The average molecular weight is 383 g/mol. The monoisotopic (exact) mass is 382 g/mol. The van der Waals surface area contributed by atoms with Crippen molar-refractivity contribution in [1.82, 2.24) is 0 Å². The van der Waals surface area contributed by atoms with Crippen molar-refractivity contribution in [2.24, 2.45) is 0 Å². The lowest BCUT2D eigenvalue weighted by atomic mass is 10.2. The molecule has 0 bridgehead atoms. The van der Waals surface area contributed by atoms with Gasteiger partial charge < -0.3 is 5.11 Å². The molecule has 114 valence electrons. The van der Waals surface area contributed by atoms with Crippen molar-refractivity contribution in [3.63, 3.8) is 0 Å². The Labute approximate surface area is 135 Å². The number of anilines is 2. The van der Waals surface area contributed by atoms with Gasteiger partial charge in [0.05, 0.1) is 11.4 Å². The molecule has 3 rings (SSSR count). The highest BCUT2D eigenvalue weighted by Crippen LogP contribution is 2.38. The van der Waals surface area contributed by atoms with E-state index in [0.29, 0.717) is 0 Å². The van der Waals surface area contributed by atoms with Crippen molar-refractivity contribution in [3.05, 3.63) is 46.9 Å². The molecule has 0 fully saturated rings. The van der Waals surface area contributed by atoms with Crippen LogP contribution in [0.1, 0.15) is 0 Å². The first-order valence-electron chi connectivity index (χ1n) is 6.24. The number of carbonyl (C=O) groups is 1. The molecule has 0 spiro atoms. The highest BCUT2D eigenvalue weighted by molar-refractivity contribution is 9.10. The number of phenolic OH excluding ortho intramolecular Hbond substituents is 1. The molecule has 0 atom stereocenters. The van der Waals surface area contributed by atoms with Crippen LogP contribution in [0.5, 0.6) is 5.75 Å². The fourth-order valence-electron chi connectivity index (χ4n) is 2.25. The Morgan fingerprint density at radius 2 is 1.73 bits per heavy atom. The number of urea groups is 1. The quantitative estimate of drug-likeness (QED) is 0.822. The van der Waals surface area contributed by atoms with E-state index in [9.17, 15) is 18.3 Å². The molecular formula is C14H11BrN2O4S. The third-order valence-electron chi connectivity index (χ3n) is 3.34. The molecule has 22 heavy (non-hydrogen) atoms. The van der Waals surface area contributed by atoms with Crippen LogP contribution in [0, 0.1) is 0 Å². The van der Waals surface area contributed by atoms with Gasteiger partial charge in [-0.05, 0) is 36.4 Å². The number of phenols is 1. The van der Waals surface area contributed by atoms with E-state index in [1.165, 1.54) is 30.1 Å². The molecule has 1 heterocycles. The summed E-state index contributed by atoms with van der Waals surface area (Å²) in [7, 11) is -2.57. The van der Waals surface area contributed by atoms with E-state index >= 15 is 0 Å². The molecule has 1 aliphatic heterocycles. The topological polar surface area (TPSA) is 77.9 Å². The van der Waals surface area contributed by atoms with Crippen LogP contribution >= 0.6 is 15.9 Å². The number of rotatable bonds is 1.